The van der Waals surface area contributed by atoms with E-state index in [9.17, 15) is 9.59 Å². The highest BCUT2D eigenvalue weighted by Gasteiger charge is 2.16. The molecular weight excluding hydrogens is 324 g/mol. The van der Waals surface area contributed by atoms with Crippen molar-refractivity contribution in [2.45, 2.75) is 13.8 Å². The normalized spacial score (nSPS) is 12.0. The summed E-state index contributed by atoms with van der Waals surface area (Å²) in [6.45, 7) is 3.97. The first-order chi connectivity index (χ1) is 10.5. The molecule has 0 spiro atoms. The number of benzene rings is 1. The van der Waals surface area contributed by atoms with Crippen LogP contribution < -0.4 is 10.6 Å². The first kappa shape index (κ1) is 16.6. The maximum Gasteiger partial charge on any atom is 0.319 e. The van der Waals surface area contributed by atoms with Crippen molar-refractivity contribution in [2.75, 3.05) is 18.5 Å². The van der Waals surface area contributed by atoms with E-state index in [2.05, 4.69) is 10.6 Å². The molecule has 2 aromatic rings. The number of esters is 1. The van der Waals surface area contributed by atoms with Gasteiger partial charge in [-0.25, -0.2) is 4.79 Å². The molecule has 0 bridgehead atoms. The Hall–Kier alpha value is -1.79. The third-order valence-electron chi connectivity index (χ3n) is 3.02. The van der Waals surface area contributed by atoms with Gasteiger partial charge in [-0.3, -0.25) is 10.1 Å². The van der Waals surface area contributed by atoms with Gasteiger partial charge < -0.3 is 10.1 Å². The van der Waals surface area contributed by atoms with Gasteiger partial charge in [0.25, 0.3) is 0 Å². The van der Waals surface area contributed by atoms with Crippen LogP contribution in [0.2, 0.25) is 5.02 Å². The fourth-order valence-electron chi connectivity index (χ4n) is 1.86. The van der Waals surface area contributed by atoms with Crippen LogP contribution in [0.25, 0.3) is 10.1 Å². The van der Waals surface area contributed by atoms with Crippen molar-refractivity contribution in [3.05, 3.63) is 29.3 Å². The monoisotopic (exact) mass is 340 g/mol. The minimum absolute atomic E-state index is 0.202. The van der Waals surface area contributed by atoms with Gasteiger partial charge >= 0.3 is 12.0 Å². The van der Waals surface area contributed by atoms with Crippen molar-refractivity contribution in [2.24, 2.45) is 5.92 Å². The summed E-state index contributed by atoms with van der Waals surface area (Å²) in [4.78, 5) is 23.4. The predicted octanol–water partition coefficient (Wildman–Crippen LogP) is 3.88. The number of hydrogen-bond donors (Lipinski definition) is 2. The molecule has 0 aliphatic rings. The molecule has 0 radical (unpaired) electrons. The van der Waals surface area contributed by atoms with E-state index in [1.165, 1.54) is 11.3 Å². The molecule has 2 N–H and O–H groups in total. The quantitative estimate of drug-likeness (QED) is 0.812. The number of thiophene rings is 1. The van der Waals surface area contributed by atoms with Crippen molar-refractivity contribution in [1.82, 2.24) is 5.32 Å². The highest BCUT2D eigenvalue weighted by atomic mass is 35.5. The summed E-state index contributed by atoms with van der Waals surface area (Å²) in [5, 5.41) is 7.37. The zero-order chi connectivity index (χ0) is 16.1. The molecule has 0 saturated carbocycles. The lowest BCUT2D eigenvalue weighted by atomic mass is 10.2. The van der Waals surface area contributed by atoms with Crippen LogP contribution >= 0.6 is 22.9 Å². The van der Waals surface area contributed by atoms with Crippen molar-refractivity contribution < 1.29 is 14.3 Å². The van der Waals surface area contributed by atoms with E-state index in [0.717, 1.165) is 10.1 Å². The Bertz CT molecular complexity index is 686. The van der Waals surface area contributed by atoms with Crippen LogP contribution in [0.4, 0.5) is 9.80 Å². The summed E-state index contributed by atoms with van der Waals surface area (Å²) in [6, 6.07) is 7.26. The van der Waals surface area contributed by atoms with E-state index in [4.69, 9.17) is 16.3 Å². The Morgan fingerprint density at radius 3 is 2.77 bits per heavy atom. The van der Waals surface area contributed by atoms with Crippen molar-refractivity contribution in [3.63, 3.8) is 0 Å². The third kappa shape index (κ3) is 3.90. The summed E-state index contributed by atoms with van der Waals surface area (Å²) in [6.07, 6.45) is 0. The molecule has 1 atom stereocenters. The van der Waals surface area contributed by atoms with E-state index in [1.807, 2.05) is 24.3 Å². The molecule has 1 aromatic heterocycles. The molecule has 0 unspecified atom stereocenters. The largest absolute Gasteiger partial charge is 0.466 e. The van der Waals surface area contributed by atoms with Gasteiger partial charge in [0.2, 0.25) is 0 Å². The number of carbonyl (C=O) groups is 2. The number of nitrogens with one attached hydrogen (secondary N) is 2. The first-order valence-electron chi connectivity index (χ1n) is 6.91. The Morgan fingerprint density at radius 1 is 1.36 bits per heavy atom. The van der Waals surface area contributed by atoms with Crippen LogP contribution in [0.15, 0.2) is 24.3 Å². The summed E-state index contributed by atoms with van der Waals surface area (Å²) in [5.74, 6) is -0.730. The number of carbonyl (C=O) groups excluding carboxylic acids is 2. The van der Waals surface area contributed by atoms with E-state index in [0.29, 0.717) is 16.6 Å². The number of halogens is 1. The SMILES string of the molecule is CCOC(=O)[C@@H](C)CNC(=O)Nc1sc2ccccc2c1Cl. The van der Waals surface area contributed by atoms with Gasteiger partial charge in [0, 0.05) is 16.6 Å². The fraction of sp³-hybridized carbons (Fsp3) is 0.333. The van der Waals surface area contributed by atoms with Crippen molar-refractivity contribution in [3.8, 4) is 0 Å². The smallest absolute Gasteiger partial charge is 0.319 e. The number of fused-ring (bicyclic) bond motifs is 1. The lowest BCUT2D eigenvalue weighted by Crippen LogP contribution is -2.35. The van der Waals surface area contributed by atoms with Gasteiger partial charge in [-0.1, -0.05) is 36.7 Å². The number of rotatable bonds is 5. The Labute approximate surface area is 137 Å². The van der Waals surface area contributed by atoms with Crippen molar-refractivity contribution in [1.29, 1.82) is 0 Å². The predicted molar refractivity (Wildman–Crippen MR) is 89.7 cm³/mol. The first-order valence-corrected chi connectivity index (χ1v) is 8.11. The molecule has 0 saturated heterocycles. The van der Waals surface area contributed by atoms with Gasteiger partial charge in [0.05, 0.1) is 17.5 Å². The molecule has 1 aromatic carbocycles. The maximum absolute atomic E-state index is 11.9. The molecule has 2 amide bonds. The summed E-state index contributed by atoms with van der Waals surface area (Å²) >= 11 is 7.65. The second kappa shape index (κ2) is 7.47. The molecule has 7 heteroatoms. The van der Waals surface area contributed by atoms with E-state index in [-0.39, 0.29) is 12.5 Å². The highest BCUT2D eigenvalue weighted by Crippen LogP contribution is 2.39. The minimum atomic E-state index is -0.399. The Morgan fingerprint density at radius 2 is 2.09 bits per heavy atom. The standard InChI is InChI=1S/C15H17ClN2O3S/c1-3-21-14(19)9(2)8-17-15(20)18-13-12(16)10-6-4-5-7-11(10)22-13/h4-7,9H,3,8H2,1-2H3,(H2,17,18,20)/t9-/m0/s1. The molecule has 0 fully saturated rings. The molecule has 22 heavy (non-hydrogen) atoms. The van der Waals surface area contributed by atoms with Crippen LogP contribution in [-0.2, 0) is 9.53 Å². The zero-order valence-electron chi connectivity index (χ0n) is 12.3. The topological polar surface area (TPSA) is 67.4 Å². The zero-order valence-corrected chi connectivity index (χ0v) is 13.9. The average Bonchev–Trinajstić information content (AvgIpc) is 2.82. The van der Waals surface area contributed by atoms with Crippen LogP contribution in [0, 0.1) is 5.92 Å². The van der Waals surface area contributed by atoms with Gasteiger partial charge in [-0.2, -0.15) is 0 Å². The summed E-state index contributed by atoms with van der Waals surface area (Å²) < 4.78 is 5.89. The van der Waals surface area contributed by atoms with Gasteiger partial charge in [-0.05, 0) is 13.0 Å². The molecule has 2 rings (SSSR count). The van der Waals surface area contributed by atoms with E-state index in [1.54, 1.807) is 13.8 Å². The molecule has 118 valence electrons. The van der Waals surface area contributed by atoms with E-state index < -0.39 is 11.9 Å². The van der Waals surface area contributed by atoms with Gasteiger partial charge in [-0.15, -0.1) is 11.3 Å². The Balaban J connectivity index is 1.94. The lowest BCUT2D eigenvalue weighted by Gasteiger charge is -2.11. The maximum atomic E-state index is 11.9. The van der Waals surface area contributed by atoms with Crippen LogP contribution in [-0.4, -0.2) is 25.2 Å². The number of anilines is 1. The number of hydrogen-bond acceptors (Lipinski definition) is 4. The lowest BCUT2D eigenvalue weighted by molar-refractivity contribution is -0.147. The minimum Gasteiger partial charge on any atom is -0.466 e. The number of urea groups is 1. The van der Waals surface area contributed by atoms with Crippen LogP contribution in [0.5, 0.6) is 0 Å². The van der Waals surface area contributed by atoms with Gasteiger partial charge in [0.1, 0.15) is 5.00 Å². The molecule has 1 heterocycles. The van der Waals surface area contributed by atoms with Crippen molar-refractivity contribution >= 4 is 50.0 Å². The molecular formula is C15H17ClN2O3S. The van der Waals surface area contributed by atoms with Crippen LogP contribution in [0.3, 0.4) is 0 Å². The Kier molecular flexibility index (Phi) is 5.63. The molecule has 5 nitrogen and oxygen atoms in total. The number of ether oxygens (including phenoxy) is 1. The third-order valence-corrected chi connectivity index (χ3v) is 4.61. The number of amides is 2. The molecule has 0 aliphatic heterocycles. The summed E-state index contributed by atoms with van der Waals surface area (Å²) in [7, 11) is 0. The average molecular weight is 341 g/mol. The summed E-state index contributed by atoms with van der Waals surface area (Å²) in [5.41, 5.74) is 0. The van der Waals surface area contributed by atoms with Gasteiger partial charge in [0.15, 0.2) is 0 Å². The van der Waals surface area contributed by atoms with E-state index >= 15 is 0 Å². The fourth-order valence-corrected chi connectivity index (χ4v) is 3.23. The van der Waals surface area contributed by atoms with Crippen LogP contribution in [0.1, 0.15) is 13.8 Å². The highest BCUT2D eigenvalue weighted by molar-refractivity contribution is 7.23. The second-order valence-electron chi connectivity index (χ2n) is 4.73. The molecule has 0 aliphatic carbocycles. The second-order valence-corrected chi connectivity index (χ2v) is 6.16.